The van der Waals surface area contributed by atoms with Crippen LogP contribution in [0.4, 0.5) is 0 Å². The van der Waals surface area contributed by atoms with Gasteiger partial charge in [-0.15, -0.1) is 0 Å². The van der Waals surface area contributed by atoms with Gasteiger partial charge in [0.2, 0.25) is 5.91 Å². The van der Waals surface area contributed by atoms with Crippen LogP contribution in [0.1, 0.15) is 38.7 Å². The van der Waals surface area contributed by atoms with E-state index in [2.05, 4.69) is 13.8 Å². The van der Waals surface area contributed by atoms with Crippen LogP contribution in [0.15, 0.2) is 24.3 Å². The van der Waals surface area contributed by atoms with Gasteiger partial charge in [-0.3, -0.25) is 4.79 Å². The molecule has 1 aliphatic carbocycles. The van der Waals surface area contributed by atoms with E-state index in [1.165, 1.54) is 0 Å². The summed E-state index contributed by atoms with van der Waals surface area (Å²) in [4.78, 5) is 14.4. The molecule has 20 heavy (non-hydrogen) atoms. The Morgan fingerprint density at radius 1 is 1.45 bits per heavy atom. The first-order valence-electron chi connectivity index (χ1n) is 7.31. The summed E-state index contributed by atoms with van der Waals surface area (Å²) < 4.78 is 0. The molecule has 1 aliphatic rings. The van der Waals surface area contributed by atoms with Gasteiger partial charge in [0.1, 0.15) is 5.75 Å². The number of aromatic hydroxyl groups is 1. The fourth-order valence-corrected chi connectivity index (χ4v) is 2.45. The molecule has 2 rings (SSSR count). The van der Waals surface area contributed by atoms with Crippen LogP contribution >= 0.6 is 0 Å². The van der Waals surface area contributed by atoms with Crippen molar-refractivity contribution in [3.63, 3.8) is 0 Å². The number of carbonyl (C=O) groups is 1. The number of hydrogen-bond acceptors (Lipinski definition) is 3. The van der Waals surface area contributed by atoms with Gasteiger partial charge in [-0.25, -0.2) is 0 Å². The van der Waals surface area contributed by atoms with E-state index in [0.717, 1.165) is 18.4 Å². The monoisotopic (exact) mass is 276 g/mol. The molecule has 3 N–H and O–H groups in total. The summed E-state index contributed by atoms with van der Waals surface area (Å²) in [6.45, 7) is 4.68. The molecular weight excluding hydrogens is 252 g/mol. The van der Waals surface area contributed by atoms with Crippen molar-refractivity contribution in [1.29, 1.82) is 0 Å². The average Bonchev–Trinajstić information content (AvgIpc) is 3.18. The van der Waals surface area contributed by atoms with Gasteiger partial charge in [-0.1, -0.05) is 26.0 Å². The molecule has 0 aliphatic heterocycles. The van der Waals surface area contributed by atoms with Crippen LogP contribution in [0.3, 0.4) is 0 Å². The highest BCUT2D eigenvalue weighted by Gasteiger charge is 2.34. The molecule has 1 saturated carbocycles. The van der Waals surface area contributed by atoms with Gasteiger partial charge < -0.3 is 15.7 Å². The topological polar surface area (TPSA) is 66.6 Å². The number of rotatable bonds is 6. The fourth-order valence-electron chi connectivity index (χ4n) is 2.45. The number of phenols is 1. The highest BCUT2D eigenvalue weighted by Crippen LogP contribution is 2.29. The SMILES string of the molecule is CC(C)C[C@@H](N)C(=O)N(Cc1cccc(O)c1)C1CC1. The van der Waals surface area contributed by atoms with Crippen molar-refractivity contribution < 1.29 is 9.90 Å². The number of hydrogen-bond donors (Lipinski definition) is 2. The third-order valence-electron chi connectivity index (χ3n) is 3.58. The van der Waals surface area contributed by atoms with Gasteiger partial charge in [-0.2, -0.15) is 0 Å². The van der Waals surface area contributed by atoms with E-state index >= 15 is 0 Å². The van der Waals surface area contributed by atoms with E-state index in [-0.39, 0.29) is 11.7 Å². The molecule has 0 bridgehead atoms. The van der Waals surface area contributed by atoms with E-state index in [1.807, 2.05) is 11.0 Å². The van der Waals surface area contributed by atoms with Crippen LogP contribution < -0.4 is 5.73 Å². The molecule has 1 aromatic rings. The van der Waals surface area contributed by atoms with Crippen LogP contribution in [0.2, 0.25) is 0 Å². The molecule has 0 saturated heterocycles. The maximum Gasteiger partial charge on any atom is 0.240 e. The third kappa shape index (κ3) is 3.97. The van der Waals surface area contributed by atoms with Crippen molar-refractivity contribution >= 4 is 5.91 Å². The molecule has 4 heteroatoms. The molecule has 1 atom stereocenters. The van der Waals surface area contributed by atoms with E-state index in [4.69, 9.17) is 5.73 Å². The zero-order chi connectivity index (χ0) is 14.7. The second kappa shape index (κ2) is 6.27. The molecular formula is C16H24N2O2. The Morgan fingerprint density at radius 3 is 2.70 bits per heavy atom. The summed E-state index contributed by atoms with van der Waals surface area (Å²) in [6, 6.07) is 6.97. The second-order valence-corrected chi connectivity index (χ2v) is 6.10. The summed E-state index contributed by atoms with van der Waals surface area (Å²) in [5, 5.41) is 9.52. The quantitative estimate of drug-likeness (QED) is 0.837. The molecule has 0 aromatic heterocycles. The first kappa shape index (κ1) is 14.9. The lowest BCUT2D eigenvalue weighted by atomic mass is 10.0. The molecule has 0 radical (unpaired) electrons. The predicted octanol–water partition coefficient (Wildman–Crippen LogP) is 2.26. The molecule has 1 aromatic carbocycles. The standard InChI is InChI=1S/C16H24N2O2/c1-11(2)8-15(17)16(20)18(13-6-7-13)10-12-4-3-5-14(19)9-12/h3-5,9,11,13,15,19H,6-8,10,17H2,1-2H3/t15-/m1/s1. The van der Waals surface area contributed by atoms with Crippen molar-refractivity contribution in [1.82, 2.24) is 4.90 Å². The van der Waals surface area contributed by atoms with Gasteiger partial charge >= 0.3 is 0 Å². The molecule has 0 spiro atoms. The van der Waals surface area contributed by atoms with Crippen molar-refractivity contribution in [2.75, 3.05) is 0 Å². The number of carbonyl (C=O) groups excluding carboxylic acids is 1. The summed E-state index contributed by atoms with van der Waals surface area (Å²) in [6.07, 6.45) is 2.82. The lowest BCUT2D eigenvalue weighted by Crippen LogP contribution is -2.45. The Labute approximate surface area is 120 Å². The van der Waals surface area contributed by atoms with Crippen LogP contribution in [0.5, 0.6) is 5.75 Å². The number of nitrogens with zero attached hydrogens (tertiary/aromatic N) is 1. The first-order chi connectivity index (χ1) is 9.47. The summed E-state index contributed by atoms with van der Waals surface area (Å²) >= 11 is 0. The van der Waals surface area contributed by atoms with E-state index in [9.17, 15) is 9.90 Å². The van der Waals surface area contributed by atoms with Crippen LogP contribution in [-0.4, -0.2) is 28.0 Å². The zero-order valence-corrected chi connectivity index (χ0v) is 12.2. The van der Waals surface area contributed by atoms with E-state index in [0.29, 0.717) is 24.9 Å². The summed E-state index contributed by atoms with van der Waals surface area (Å²) in [5.41, 5.74) is 6.97. The Hall–Kier alpha value is -1.55. The maximum atomic E-state index is 12.5. The van der Waals surface area contributed by atoms with E-state index < -0.39 is 6.04 Å². The smallest absolute Gasteiger partial charge is 0.240 e. The lowest BCUT2D eigenvalue weighted by Gasteiger charge is -2.26. The Bertz CT molecular complexity index is 469. The van der Waals surface area contributed by atoms with Gasteiger partial charge in [0.05, 0.1) is 6.04 Å². The van der Waals surface area contributed by atoms with Crippen molar-refractivity contribution in [3.05, 3.63) is 29.8 Å². The maximum absolute atomic E-state index is 12.5. The third-order valence-corrected chi connectivity index (χ3v) is 3.58. The summed E-state index contributed by atoms with van der Waals surface area (Å²) in [7, 11) is 0. The van der Waals surface area contributed by atoms with Crippen molar-refractivity contribution in [3.8, 4) is 5.75 Å². The molecule has 1 fully saturated rings. The van der Waals surface area contributed by atoms with Crippen LogP contribution in [0, 0.1) is 5.92 Å². The average molecular weight is 276 g/mol. The van der Waals surface area contributed by atoms with E-state index in [1.54, 1.807) is 18.2 Å². The first-order valence-corrected chi connectivity index (χ1v) is 7.31. The minimum Gasteiger partial charge on any atom is -0.508 e. The van der Waals surface area contributed by atoms with Gasteiger partial charge in [-0.05, 0) is 42.9 Å². The summed E-state index contributed by atoms with van der Waals surface area (Å²) in [5.74, 6) is 0.678. The number of nitrogens with two attached hydrogens (primary N) is 1. The molecule has 4 nitrogen and oxygen atoms in total. The van der Waals surface area contributed by atoms with Gasteiger partial charge in [0.25, 0.3) is 0 Å². The number of benzene rings is 1. The minimum absolute atomic E-state index is 0.0320. The predicted molar refractivity (Wildman–Crippen MR) is 79.1 cm³/mol. The molecule has 110 valence electrons. The Balaban J connectivity index is 2.05. The Kier molecular flexibility index (Phi) is 4.65. The molecule has 0 unspecified atom stereocenters. The van der Waals surface area contributed by atoms with Crippen LogP contribution in [0.25, 0.3) is 0 Å². The highest BCUT2D eigenvalue weighted by atomic mass is 16.3. The second-order valence-electron chi connectivity index (χ2n) is 6.10. The Morgan fingerprint density at radius 2 is 2.15 bits per heavy atom. The van der Waals surface area contributed by atoms with Crippen molar-refractivity contribution in [2.24, 2.45) is 11.7 Å². The fraction of sp³-hybridized carbons (Fsp3) is 0.562. The minimum atomic E-state index is -0.423. The largest absolute Gasteiger partial charge is 0.508 e. The van der Waals surface area contributed by atoms with Crippen molar-refractivity contribution in [2.45, 2.75) is 51.7 Å². The lowest BCUT2D eigenvalue weighted by molar-refractivity contribution is -0.134. The number of amides is 1. The zero-order valence-electron chi connectivity index (χ0n) is 12.2. The van der Waals surface area contributed by atoms with Gasteiger partial charge in [0.15, 0.2) is 0 Å². The van der Waals surface area contributed by atoms with Crippen LogP contribution in [-0.2, 0) is 11.3 Å². The van der Waals surface area contributed by atoms with Gasteiger partial charge in [0, 0.05) is 12.6 Å². The normalized spacial score (nSPS) is 16.2. The highest BCUT2D eigenvalue weighted by molar-refractivity contribution is 5.82. The molecule has 0 heterocycles. The number of phenolic OH excluding ortho intramolecular Hbond substituents is 1. The molecule has 1 amide bonds.